The number of carbonyl (C=O) groups excluding carboxylic acids is 1. The Balaban J connectivity index is 1.77. The molecule has 2 fully saturated rings. The third-order valence-corrected chi connectivity index (χ3v) is 6.61. The molecule has 27 heavy (non-hydrogen) atoms. The van der Waals surface area contributed by atoms with Crippen molar-refractivity contribution >= 4 is 30.1 Å². The highest BCUT2D eigenvalue weighted by Gasteiger charge is 2.52. The number of morpholine rings is 1. The van der Waals surface area contributed by atoms with E-state index in [9.17, 15) is 4.79 Å². The lowest BCUT2D eigenvalue weighted by molar-refractivity contribution is -0.0109. The molecule has 0 aromatic heterocycles. The van der Waals surface area contributed by atoms with E-state index < -0.39 is 18.3 Å². The zero-order valence-corrected chi connectivity index (χ0v) is 17.2. The number of hydrogen-bond acceptors (Lipinski definition) is 5. The fraction of sp³-hybridized carbons (Fsp3) is 0.632. The Kier molecular flexibility index (Phi) is 4.50. The Morgan fingerprint density at radius 2 is 1.85 bits per heavy atom. The fourth-order valence-corrected chi connectivity index (χ4v) is 3.92. The lowest BCUT2D eigenvalue weighted by Crippen LogP contribution is -2.50. The second-order valence-electron chi connectivity index (χ2n) is 8.41. The molecule has 0 saturated carbocycles. The molecule has 8 heteroatoms. The van der Waals surface area contributed by atoms with E-state index in [1.807, 2.05) is 45.6 Å². The summed E-state index contributed by atoms with van der Waals surface area (Å²) in [4.78, 5) is 15.0. The molecule has 0 unspecified atom stereocenters. The van der Waals surface area contributed by atoms with Gasteiger partial charge in [0.1, 0.15) is 6.61 Å². The van der Waals surface area contributed by atoms with E-state index in [1.165, 1.54) is 0 Å². The molecule has 0 bridgehead atoms. The third kappa shape index (κ3) is 2.96. The molecule has 1 amide bonds. The van der Waals surface area contributed by atoms with Gasteiger partial charge in [-0.3, -0.25) is 4.79 Å². The molecule has 1 aromatic rings. The zero-order valence-electron chi connectivity index (χ0n) is 16.4. The first-order valence-electron chi connectivity index (χ1n) is 9.32. The van der Waals surface area contributed by atoms with Crippen molar-refractivity contribution in [2.45, 2.75) is 51.9 Å². The van der Waals surface area contributed by atoms with Crippen molar-refractivity contribution < 1.29 is 23.6 Å². The van der Waals surface area contributed by atoms with Crippen molar-refractivity contribution in [1.29, 1.82) is 0 Å². The molecule has 3 aliphatic heterocycles. The molecule has 6 nitrogen and oxygen atoms in total. The maximum atomic E-state index is 13.2. The van der Waals surface area contributed by atoms with E-state index in [1.54, 1.807) is 0 Å². The molecule has 0 spiro atoms. The normalized spacial score (nSPS) is 26.3. The summed E-state index contributed by atoms with van der Waals surface area (Å²) in [7, 11) is -0.589. The van der Waals surface area contributed by atoms with Crippen LogP contribution in [0.2, 0.25) is 5.02 Å². The van der Waals surface area contributed by atoms with Crippen LogP contribution in [0.1, 0.15) is 43.6 Å². The molecule has 0 N–H and O–H groups in total. The predicted octanol–water partition coefficient (Wildman–Crippen LogP) is 2.18. The lowest BCUT2D eigenvalue weighted by Gasteiger charge is -2.33. The molecular formula is C19H25BClNO5. The minimum absolute atomic E-state index is 0.0875. The largest absolute Gasteiger partial charge is 0.495 e. The topological polar surface area (TPSA) is 57.2 Å². The second-order valence-corrected chi connectivity index (χ2v) is 8.79. The number of nitrogens with zero attached hydrogens (tertiary/aromatic N) is 1. The smallest absolute Gasteiger partial charge is 0.489 e. The Morgan fingerprint density at radius 3 is 2.52 bits per heavy atom. The molecule has 3 heterocycles. The molecule has 0 aliphatic carbocycles. The van der Waals surface area contributed by atoms with E-state index in [4.69, 9.17) is 30.4 Å². The minimum Gasteiger partial charge on any atom is -0.489 e. The Morgan fingerprint density at radius 1 is 1.19 bits per heavy atom. The first kappa shape index (κ1) is 19.1. The van der Waals surface area contributed by atoms with Crippen molar-refractivity contribution in [1.82, 2.24) is 4.90 Å². The first-order valence-corrected chi connectivity index (χ1v) is 9.70. The quantitative estimate of drug-likeness (QED) is 0.685. The van der Waals surface area contributed by atoms with Crippen molar-refractivity contribution in [2.24, 2.45) is 0 Å². The predicted molar refractivity (Wildman–Crippen MR) is 103 cm³/mol. The average molecular weight is 394 g/mol. The number of ether oxygens (including phenoxy) is 2. The van der Waals surface area contributed by atoms with Gasteiger partial charge in [0.2, 0.25) is 0 Å². The molecule has 3 aliphatic rings. The van der Waals surface area contributed by atoms with E-state index in [2.05, 4.69) is 0 Å². The summed E-state index contributed by atoms with van der Waals surface area (Å²) in [5, 5.41) is 0.436. The summed E-state index contributed by atoms with van der Waals surface area (Å²) in [5.41, 5.74) is 1.08. The highest BCUT2D eigenvalue weighted by molar-refractivity contribution is 6.63. The molecule has 1 aromatic carbocycles. The highest BCUT2D eigenvalue weighted by atomic mass is 35.5. The molecule has 146 valence electrons. The van der Waals surface area contributed by atoms with Crippen LogP contribution in [-0.2, 0) is 14.0 Å². The van der Waals surface area contributed by atoms with Gasteiger partial charge in [-0.2, -0.15) is 0 Å². The zero-order chi connectivity index (χ0) is 19.6. The standard InChI is InChI=1S/C19H25BClNO5/c1-11-14(20-26-18(2,3)19(4,5)27-20)8-13-16(15(11)21)25-10-12-9-24-7-6-22(12)17(13)23/h8,12H,6-7,9-10H2,1-5H3/t12-/m1/s1. The average Bonchev–Trinajstić information content (AvgIpc) is 2.74. The third-order valence-electron chi connectivity index (χ3n) is 6.15. The van der Waals surface area contributed by atoms with Crippen LogP contribution in [0, 0.1) is 6.92 Å². The van der Waals surface area contributed by atoms with Gasteiger partial charge in [-0.05, 0) is 51.7 Å². The Bertz CT molecular complexity index is 781. The van der Waals surface area contributed by atoms with Gasteiger partial charge in [0.25, 0.3) is 5.91 Å². The van der Waals surface area contributed by atoms with Crippen LogP contribution in [0.25, 0.3) is 0 Å². The van der Waals surface area contributed by atoms with Crippen molar-refractivity contribution in [2.75, 3.05) is 26.4 Å². The van der Waals surface area contributed by atoms with Crippen LogP contribution in [0.3, 0.4) is 0 Å². The van der Waals surface area contributed by atoms with Crippen LogP contribution in [0.5, 0.6) is 5.75 Å². The van der Waals surface area contributed by atoms with Crippen molar-refractivity contribution in [3.8, 4) is 5.75 Å². The van der Waals surface area contributed by atoms with Gasteiger partial charge >= 0.3 is 7.12 Å². The fourth-order valence-electron chi connectivity index (χ4n) is 3.65. The molecule has 2 saturated heterocycles. The van der Waals surface area contributed by atoms with E-state index in [-0.39, 0.29) is 11.9 Å². The van der Waals surface area contributed by atoms with E-state index >= 15 is 0 Å². The number of rotatable bonds is 1. The highest BCUT2D eigenvalue weighted by Crippen LogP contribution is 2.39. The van der Waals surface area contributed by atoms with E-state index in [0.717, 1.165) is 11.0 Å². The number of carbonyl (C=O) groups is 1. The van der Waals surface area contributed by atoms with E-state index in [0.29, 0.717) is 42.7 Å². The number of fused-ring (bicyclic) bond motifs is 2. The second kappa shape index (κ2) is 6.37. The molecular weight excluding hydrogens is 368 g/mol. The molecule has 1 atom stereocenters. The lowest BCUT2D eigenvalue weighted by atomic mass is 9.75. The summed E-state index contributed by atoms with van der Waals surface area (Å²) in [6, 6.07) is 1.72. The van der Waals surface area contributed by atoms with Gasteiger partial charge < -0.3 is 23.7 Å². The Hall–Kier alpha value is -1.28. The SMILES string of the molecule is Cc1c(B2OC(C)(C)C(C)(C)O2)cc2c(c1Cl)OC[C@H]1COCCN1C2=O. The molecule has 4 rings (SSSR count). The van der Waals surface area contributed by atoms with Gasteiger partial charge in [0.15, 0.2) is 5.75 Å². The van der Waals surface area contributed by atoms with Crippen LogP contribution >= 0.6 is 11.6 Å². The van der Waals surface area contributed by atoms with Crippen LogP contribution in [0.4, 0.5) is 0 Å². The summed E-state index contributed by atoms with van der Waals surface area (Å²) in [6.45, 7) is 11.8. The number of halogens is 1. The van der Waals surface area contributed by atoms with Gasteiger partial charge in [-0.15, -0.1) is 0 Å². The summed E-state index contributed by atoms with van der Waals surface area (Å²) >= 11 is 6.63. The van der Waals surface area contributed by atoms with Gasteiger partial charge in [-0.25, -0.2) is 0 Å². The van der Waals surface area contributed by atoms with Crippen LogP contribution in [0.15, 0.2) is 6.07 Å². The Labute approximate surface area is 165 Å². The van der Waals surface area contributed by atoms with Gasteiger partial charge in [0, 0.05) is 6.54 Å². The maximum Gasteiger partial charge on any atom is 0.495 e. The van der Waals surface area contributed by atoms with Gasteiger partial charge in [-0.1, -0.05) is 11.6 Å². The monoisotopic (exact) mass is 393 g/mol. The van der Waals surface area contributed by atoms with Crippen LogP contribution in [-0.4, -0.2) is 61.5 Å². The van der Waals surface area contributed by atoms with Crippen LogP contribution < -0.4 is 10.2 Å². The summed E-state index contributed by atoms with van der Waals surface area (Å²) < 4.78 is 23.8. The van der Waals surface area contributed by atoms with Crippen molar-refractivity contribution in [3.63, 3.8) is 0 Å². The number of hydrogen-bond donors (Lipinski definition) is 0. The van der Waals surface area contributed by atoms with Crippen molar-refractivity contribution in [3.05, 3.63) is 22.2 Å². The minimum atomic E-state index is -0.589. The number of benzene rings is 1. The van der Waals surface area contributed by atoms with Gasteiger partial charge in [0.05, 0.1) is 41.0 Å². The molecule has 0 radical (unpaired) electrons. The summed E-state index contributed by atoms with van der Waals surface area (Å²) in [6.07, 6.45) is 0. The summed E-state index contributed by atoms with van der Waals surface area (Å²) in [5.74, 6) is 0.351. The number of amides is 1. The first-order chi connectivity index (χ1) is 12.6. The maximum absolute atomic E-state index is 13.2.